The van der Waals surface area contributed by atoms with Crippen LogP contribution < -0.4 is 29.8 Å². The van der Waals surface area contributed by atoms with Crippen LogP contribution in [0.15, 0.2) is 29.3 Å². The average Bonchev–Trinajstić information content (AvgIpc) is 3.96. The van der Waals surface area contributed by atoms with Gasteiger partial charge in [-0.2, -0.15) is 0 Å². The fourth-order valence-electron chi connectivity index (χ4n) is 7.97. The minimum Gasteiger partial charge on any atom is -0.493 e. The zero-order valence-corrected chi connectivity index (χ0v) is 27.1. The Kier molecular flexibility index (Phi) is 7.29. The summed E-state index contributed by atoms with van der Waals surface area (Å²) < 4.78 is 23.4. The maximum atomic E-state index is 13.6. The van der Waals surface area contributed by atoms with Gasteiger partial charge < -0.3 is 33.9 Å². The summed E-state index contributed by atoms with van der Waals surface area (Å²) in [5, 5.41) is 12.4. The highest BCUT2D eigenvalue weighted by Crippen LogP contribution is 2.57. The second kappa shape index (κ2) is 11.3. The van der Waals surface area contributed by atoms with E-state index in [-0.39, 0.29) is 29.3 Å². The minimum absolute atomic E-state index is 0.0102. The first kappa shape index (κ1) is 30.3. The number of hydrogen-bond acceptors (Lipinski definition) is 10. The third-order valence-electron chi connectivity index (χ3n) is 11.2. The van der Waals surface area contributed by atoms with Crippen LogP contribution in [0.3, 0.4) is 0 Å². The molecule has 2 aromatic carbocycles. The molecule has 6 aliphatic rings. The number of benzene rings is 2. The Labute approximate surface area is 274 Å². The molecule has 2 saturated heterocycles. The molecule has 3 atom stereocenters. The molecular formula is C35H43N5O7. The first-order chi connectivity index (χ1) is 22.7. The van der Waals surface area contributed by atoms with Crippen LogP contribution in [0.2, 0.25) is 0 Å². The lowest BCUT2D eigenvalue weighted by Gasteiger charge is -2.30. The van der Waals surface area contributed by atoms with Gasteiger partial charge >= 0.3 is 0 Å². The predicted octanol–water partition coefficient (Wildman–Crippen LogP) is 4.05. The minimum atomic E-state index is -1.00. The van der Waals surface area contributed by atoms with Gasteiger partial charge in [0.15, 0.2) is 29.2 Å². The lowest BCUT2D eigenvalue weighted by Crippen LogP contribution is -2.51. The lowest BCUT2D eigenvalue weighted by atomic mass is 10.0. The summed E-state index contributed by atoms with van der Waals surface area (Å²) in [5.41, 5.74) is 2.45. The van der Waals surface area contributed by atoms with Crippen LogP contribution in [0, 0.1) is 10.8 Å². The number of nitrogens with zero attached hydrogens (tertiary/aromatic N) is 4. The number of methoxy groups -OCH3 is 2. The summed E-state index contributed by atoms with van der Waals surface area (Å²) >= 11 is 0. The van der Waals surface area contributed by atoms with Crippen molar-refractivity contribution in [3.8, 4) is 23.0 Å². The quantitative estimate of drug-likeness (QED) is 0.289. The van der Waals surface area contributed by atoms with Gasteiger partial charge in [-0.05, 0) is 80.8 Å². The molecule has 12 heteroatoms. The molecule has 0 aromatic heterocycles. The number of nitrogens with two attached hydrogens (primary N) is 1. The number of carbonyl (C=O) groups excluding carboxylic acids is 2. The van der Waals surface area contributed by atoms with Crippen LogP contribution in [-0.4, -0.2) is 91.8 Å². The first-order valence-electron chi connectivity index (χ1n) is 16.8. The van der Waals surface area contributed by atoms with Crippen molar-refractivity contribution < 1.29 is 33.6 Å². The van der Waals surface area contributed by atoms with Gasteiger partial charge in [0, 0.05) is 31.4 Å². The van der Waals surface area contributed by atoms with Crippen molar-refractivity contribution in [2.24, 2.45) is 21.7 Å². The SMILES string of the molecule is COc1cc2c(cc1OCCCCCOc1cc3c(cc1OC)C(=O)N1CC4(CC4)C[C@H]1C(O)N3N)N=C[C@@H]1CC3(CC3)CN1C2=O. The number of rotatable bonds is 10. The van der Waals surface area contributed by atoms with Crippen molar-refractivity contribution >= 4 is 29.4 Å². The largest absolute Gasteiger partial charge is 0.493 e. The summed E-state index contributed by atoms with van der Waals surface area (Å²) in [5.74, 6) is 8.28. The van der Waals surface area contributed by atoms with Crippen LogP contribution in [0.25, 0.3) is 0 Å². The van der Waals surface area contributed by atoms with Gasteiger partial charge in [-0.25, -0.2) is 5.84 Å². The molecule has 2 aromatic rings. The number of amides is 2. The summed E-state index contributed by atoms with van der Waals surface area (Å²) in [6, 6.07) is 6.65. The summed E-state index contributed by atoms with van der Waals surface area (Å²) in [4.78, 5) is 35.4. The van der Waals surface area contributed by atoms with Crippen molar-refractivity contribution in [2.45, 2.75) is 76.1 Å². The molecule has 2 amide bonds. The van der Waals surface area contributed by atoms with Crippen molar-refractivity contribution in [3.05, 3.63) is 35.4 Å². The van der Waals surface area contributed by atoms with Crippen LogP contribution in [0.5, 0.6) is 23.0 Å². The third kappa shape index (κ3) is 5.25. The molecule has 47 heavy (non-hydrogen) atoms. The molecule has 3 N–H and O–H groups in total. The number of ether oxygens (including phenoxy) is 4. The molecule has 4 fully saturated rings. The number of carbonyl (C=O) groups is 2. The Morgan fingerprint density at radius 2 is 1.40 bits per heavy atom. The van der Waals surface area contributed by atoms with Gasteiger partial charge in [0.2, 0.25) is 0 Å². The zero-order valence-electron chi connectivity index (χ0n) is 27.1. The number of fused-ring (bicyclic) bond motifs is 4. The van der Waals surface area contributed by atoms with E-state index in [2.05, 4.69) is 0 Å². The number of hydrogen-bond donors (Lipinski definition) is 2. The summed E-state index contributed by atoms with van der Waals surface area (Å²) in [6.45, 7) is 2.34. The summed E-state index contributed by atoms with van der Waals surface area (Å²) in [7, 11) is 3.13. The van der Waals surface area contributed by atoms with E-state index in [0.29, 0.717) is 70.7 Å². The highest BCUT2D eigenvalue weighted by Gasteiger charge is 2.57. The van der Waals surface area contributed by atoms with Crippen molar-refractivity contribution in [3.63, 3.8) is 0 Å². The molecule has 4 aliphatic heterocycles. The Hall–Kier alpha value is -4.03. The van der Waals surface area contributed by atoms with E-state index >= 15 is 0 Å². The van der Waals surface area contributed by atoms with Gasteiger partial charge in [-0.15, -0.1) is 0 Å². The van der Waals surface area contributed by atoms with Crippen LogP contribution in [0.1, 0.15) is 78.5 Å². The monoisotopic (exact) mass is 645 g/mol. The van der Waals surface area contributed by atoms with E-state index in [4.69, 9.17) is 29.8 Å². The maximum absolute atomic E-state index is 13.6. The number of aliphatic hydroxyl groups excluding tert-OH is 1. The molecular weight excluding hydrogens is 602 g/mol. The van der Waals surface area contributed by atoms with E-state index < -0.39 is 6.23 Å². The van der Waals surface area contributed by atoms with E-state index in [1.807, 2.05) is 17.2 Å². The van der Waals surface area contributed by atoms with E-state index in [9.17, 15) is 14.7 Å². The molecule has 0 bridgehead atoms. The fourth-order valence-corrected chi connectivity index (χ4v) is 7.97. The Morgan fingerprint density at radius 3 is 2.06 bits per heavy atom. The zero-order chi connectivity index (χ0) is 32.5. The molecule has 250 valence electrons. The molecule has 0 radical (unpaired) electrons. The molecule has 2 saturated carbocycles. The Morgan fingerprint density at radius 1 is 0.809 bits per heavy atom. The van der Waals surface area contributed by atoms with Gasteiger partial charge in [0.1, 0.15) is 0 Å². The smallest absolute Gasteiger partial charge is 0.256 e. The van der Waals surface area contributed by atoms with E-state index in [1.165, 1.54) is 17.9 Å². The summed E-state index contributed by atoms with van der Waals surface area (Å²) in [6.07, 6.45) is 9.60. The van der Waals surface area contributed by atoms with E-state index in [0.717, 1.165) is 51.5 Å². The number of hydrazine groups is 1. The van der Waals surface area contributed by atoms with Crippen LogP contribution >= 0.6 is 0 Å². The van der Waals surface area contributed by atoms with E-state index in [1.54, 1.807) is 37.3 Å². The van der Waals surface area contributed by atoms with Gasteiger partial charge in [0.05, 0.1) is 62.0 Å². The number of unbranched alkanes of at least 4 members (excludes halogenated alkanes) is 2. The predicted molar refractivity (Wildman–Crippen MR) is 174 cm³/mol. The standard InChI is InChI=1S/C35H43N5O7/c1-44-27-12-22-24(37-18-21-16-34(6-7-34)19-38(21)31(22)41)14-29(27)46-10-4-3-5-11-47-30-15-25-23(13-28(30)45-2)32(42)39-20-35(8-9-35)17-26(39)33(43)40(25)36/h12-15,18,21,26,33,43H,3-11,16-17,19-20,36H2,1-2H3/t21-,26-,33?/m0/s1. The topological polar surface area (TPSA) is 139 Å². The molecule has 8 rings (SSSR count). The molecule has 2 spiro atoms. The molecule has 1 unspecified atom stereocenters. The Bertz CT molecular complexity index is 1640. The van der Waals surface area contributed by atoms with Gasteiger partial charge in [-0.1, -0.05) is 0 Å². The van der Waals surface area contributed by atoms with Gasteiger partial charge in [0.25, 0.3) is 11.8 Å². The molecule has 12 nitrogen and oxygen atoms in total. The number of aliphatic hydroxyl groups is 1. The third-order valence-corrected chi connectivity index (χ3v) is 11.2. The van der Waals surface area contributed by atoms with Crippen LogP contribution in [-0.2, 0) is 0 Å². The first-order valence-corrected chi connectivity index (χ1v) is 16.8. The normalized spacial score (nSPS) is 25.6. The van der Waals surface area contributed by atoms with Gasteiger partial charge in [-0.3, -0.25) is 19.6 Å². The molecule has 4 heterocycles. The Balaban J connectivity index is 0.864. The highest BCUT2D eigenvalue weighted by molar-refractivity contribution is 6.04. The number of anilines is 1. The molecule has 2 aliphatic carbocycles. The second-order valence-corrected chi connectivity index (χ2v) is 14.3. The van der Waals surface area contributed by atoms with Crippen molar-refractivity contribution in [1.29, 1.82) is 0 Å². The fraction of sp³-hybridized carbons (Fsp3) is 0.571. The van der Waals surface area contributed by atoms with Crippen molar-refractivity contribution in [1.82, 2.24) is 9.80 Å². The van der Waals surface area contributed by atoms with Crippen LogP contribution in [0.4, 0.5) is 11.4 Å². The second-order valence-electron chi connectivity index (χ2n) is 14.3. The number of aliphatic imine (C=N–C) groups is 1. The average molecular weight is 646 g/mol. The maximum Gasteiger partial charge on any atom is 0.256 e. The van der Waals surface area contributed by atoms with Crippen molar-refractivity contribution in [2.75, 3.05) is 45.5 Å². The lowest BCUT2D eigenvalue weighted by molar-refractivity contribution is 0.0513. The highest BCUT2D eigenvalue weighted by atomic mass is 16.5.